The van der Waals surface area contributed by atoms with Gasteiger partial charge in [0.25, 0.3) is 0 Å². The zero-order valence-corrected chi connectivity index (χ0v) is 11.7. The molecule has 0 saturated carbocycles. The number of nitrogens with two attached hydrogens (primary N) is 1. The smallest absolute Gasteiger partial charge is 0.230 e. The highest BCUT2D eigenvalue weighted by atomic mass is 16.5. The number of aryl methyl sites for hydroxylation is 1. The van der Waals surface area contributed by atoms with Gasteiger partial charge in [0, 0.05) is 12.3 Å². The molecule has 0 saturated heterocycles. The minimum atomic E-state index is -0.0607. The summed E-state index contributed by atoms with van der Waals surface area (Å²) in [4.78, 5) is 4.26. The Morgan fingerprint density at radius 2 is 1.95 bits per heavy atom. The Kier molecular flexibility index (Phi) is 4.73. The molecule has 0 fully saturated rings. The van der Waals surface area contributed by atoms with Crippen LogP contribution in [0.3, 0.4) is 0 Å². The van der Waals surface area contributed by atoms with E-state index in [1.54, 1.807) is 24.3 Å². The van der Waals surface area contributed by atoms with Crippen molar-refractivity contribution >= 4 is 5.84 Å². The van der Waals surface area contributed by atoms with Gasteiger partial charge in [0.05, 0.1) is 5.56 Å². The van der Waals surface area contributed by atoms with Gasteiger partial charge in [0.15, 0.2) is 5.84 Å². The van der Waals surface area contributed by atoms with E-state index in [-0.39, 0.29) is 18.3 Å². The molecule has 0 amide bonds. The second-order valence-electron chi connectivity index (χ2n) is 4.51. The highest BCUT2D eigenvalue weighted by Crippen LogP contribution is 2.24. The fourth-order valence-electron chi connectivity index (χ4n) is 1.82. The molecule has 2 rings (SSSR count). The number of aromatic nitrogens is 1. The van der Waals surface area contributed by atoms with E-state index in [4.69, 9.17) is 20.8 Å². The summed E-state index contributed by atoms with van der Waals surface area (Å²) < 4.78 is 5.70. The van der Waals surface area contributed by atoms with E-state index in [0.717, 1.165) is 11.3 Å². The Labute approximate surface area is 122 Å². The van der Waals surface area contributed by atoms with E-state index >= 15 is 0 Å². The van der Waals surface area contributed by atoms with Crippen LogP contribution < -0.4 is 10.5 Å². The van der Waals surface area contributed by atoms with Gasteiger partial charge in [0.2, 0.25) is 5.88 Å². The molecule has 0 aliphatic rings. The summed E-state index contributed by atoms with van der Waals surface area (Å²) >= 11 is 0. The van der Waals surface area contributed by atoms with Gasteiger partial charge in [-0.15, -0.1) is 0 Å². The van der Waals surface area contributed by atoms with Crippen LogP contribution in [0, 0.1) is 6.92 Å². The molecular formula is C15H17N3O3. The molecule has 2 aromatic rings. The molecule has 1 aromatic heterocycles. The average molecular weight is 287 g/mol. The van der Waals surface area contributed by atoms with Gasteiger partial charge in [0.1, 0.15) is 5.75 Å². The largest absolute Gasteiger partial charge is 0.438 e. The molecule has 1 aromatic carbocycles. The van der Waals surface area contributed by atoms with Crippen molar-refractivity contribution in [3.05, 3.63) is 53.2 Å². The number of hydrogen-bond donors (Lipinski definition) is 3. The summed E-state index contributed by atoms with van der Waals surface area (Å²) in [7, 11) is 0. The molecule has 110 valence electrons. The minimum Gasteiger partial charge on any atom is -0.438 e. The maximum atomic E-state index is 8.89. The molecule has 0 atom stereocenters. The van der Waals surface area contributed by atoms with Crippen molar-refractivity contribution in [3.63, 3.8) is 0 Å². The van der Waals surface area contributed by atoms with Crippen LogP contribution in [-0.2, 0) is 6.42 Å². The maximum Gasteiger partial charge on any atom is 0.230 e. The van der Waals surface area contributed by atoms with E-state index in [1.165, 1.54) is 0 Å². The lowest BCUT2D eigenvalue weighted by Gasteiger charge is -2.10. The Balaban J connectivity index is 2.28. The fourth-order valence-corrected chi connectivity index (χ4v) is 1.82. The zero-order chi connectivity index (χ0) is 15.2. The van der Waals surface area contributed by atoms with E-state index in [0.29, 0.717) is 17.7 Å². The topological polar surface area (TPSA) is 101 Å². The van der Waals surface area contributed by atoms with E-state index < -0.39 is 0 Å². The molecule has 0 unspecified atom stereocenters. The van der Waals surface area contributed by atoms with Crippen LogP contribution in [0.25, 0.3) is 0 Å². The molecule has 0 aliphatic heterocycles. The van der Waals surface area contributed by atoms with Gasteiger partial charge >= 0.3 is 0 Å². The molecule has 0 spiro atoms. The maximum absolute atomic E-state index is 8.89. The van der Waals surface area contributed by atoms with Gasteiger partial charge in [-0.25, -0.2) is 4.98 Å². The predicted molar refractivity (Wildman–Crippen MR) is 78.8 cm³/mol. The lowest BCUT2D eigenvalue weighted by Crippen LogP contribution is -2.15. The third kappa shape index (κ3) is 3.70. The number of hydrogen-bond acceptors (Lipinski definition) is 5. The first-order valence-electron chi connectivity index (χ1n) is 6.47. The molecule has 1 heterocycles. The number of aliphatic hydroxyl groups excluding tert-OH is 1. The first kappa shape index (κ1) is 14.8. The van der Waals surface area contributed by atoms with Crippen LogP contribution in [0.1, 0.15) is 16.8 Å². The summed E-state index contributed by atoms with van der Waals surface area (Å²) in [6, 6.07) is 10.7. The quantitative estimate of drug-likeness (QED) is 0.337. The fraction of sp³-hybridized carbons (Fsp3) is 0.200. The number of pyridine rings is 1. The summed E-state index contributed by atoms with van der Waals surface area (Å²) in [6.07, 6.45) is 0.596. The molecule has 21 heavy (non-hydrogen) atoms. The normalized spacial score (nSPS) is 11.4. The van der Waals surface area contributed by atoms with E-state index in [2.05, 4.69) is 10.1 Å². The lowest BCUT2D eigenvalue weighted by molar-refractivity contribution is 0.299. The highest BCUT2D eigenvalue weighted by molar-refractivity contribution is 5.99. The van der Waals surface area contributed by atoms with Crippen LogP contribution in [0.15, 0.2) is 41.6 Å². The summed E-state index contributed by atoms with van der Waals surface area (Å²) in [5, 5.41) is 20.7. The number of benzene rings is 1. The van der Waals surface area contributed by atoms with E-state index in [9.17, 15) is 0 Å². The number of ether oxygens (including phenoxy) is 1. The van der Waals surface area contributed by atoms with Crippen molar-refractivity contribution in [2.45, 2.75) is 13.3 Å². The molecule has 0 bridgehead atoms. The van der Waals surface area contributed by atoms with Gasteiger partial charge in [-0.3, -0.25) is 0 Å². The molecule has 6 heteroatoms. The monoisotopic (exact) mass is 287 g/mol. The number of oxime groups is 1. The van der Waals surface area contributed by atoms with E-state index in [1.807, 2.05) is 19.1 Å². The second-order valence-corrected chi connectivity index (χ2v) is 4.51. The number of rotatable bonds is 5. The average Bonchev–Trinajstić information content (AvgIpc) is 2.49. The summed E-state index contributed by atoms with van der Waals surface area (Å²) in [6.45, 7) is 1.93. The van der Waals surface area contributed by atoms with Crippen LogP contribution >= 0.6 is 0 Å². The van der Waals surface area contributed by atoms with Crippen molar-refractivity contribution in [2.75, 3.05) is 6.61 Å². The zero-order valence-electron chi connectivity index (χ0n) is 11.7. The van der Waals surface area contributed by atoms with Gasteiger partial charge < -0.3 is 20.8 Å². The Morgan fingerprint density at radius 1 is 1.24 bits per heavy atom. The first-order valence-corrected chi connectivity index (χ1v) is 6.47. The third-order valence-electron chi connectivity index (χ3n) is 2.92. The summed E-state index contributed by atoms with van der Waals surface area (Å²) in [5.74, 6) is 0.802. The van der Waals surface area contributed by atoms with Crippen LogP contribution in [-0.4, -0.2) is 27.7 Å². The van der Waals surface area contributed by atoms with Crippen LogP contribution in [0.4, 0.5) is 0 Å². The number of amidine groups is 1. The molecular weight excluding hydrogens is 270 g/mol. The number of aliphatic hydroxyl groups is 1. The van der Waals surface area contributed by atoms with Crippen molar-refractivity contribution < 1.29 is 15.1 Å². The predicted octanol–water partition coefficient (Wildman–Crippen LogP) is 1.81. The standard InChI is InChI=1S/C15H17N3O3/c1-10-2-7-13(14(16)18-20)15(17-10)21-12-5-3-11(4-6-12)8-9-19/h2-7,19-20H,8-9H2,1H3,(H2,16,18). The third-order valence-corrected chi connectivity index (χ3v) is 2.92. The van der Waals surface area contributed by atoms with Crippen molar-refractivity contribution in [3.8, 4) is 11.6 Å². The van der Waals surface area contributed by atoms with Crippen LogP contribution in [0.5, 0.6) is 11.6 Å². The second kappa shape index (κ2) is 6.71. The Morgan fingerprint density at radius 3 is 2.57 bits per heavy atom. The minimum absolute atomic E-state index is 0.0607. The Hall–Kier alpha value is -2.60. The molecule has 0 aliphatic carbocycles. The lowest BCUT2D eigenvalue weighted by atomic mass is 10.1. The van der Waals surface area contributed by atoms with Crippen molar-refractivity contribution in [2.24, 2.45) is 10.9 Å². The van der Waals surface area contributed by atoms with Gasteiger partial charge in [-0.1, -0.05) is 17.3 Å². The first-order chi connectivity index (χ1) is 10.1. The van der Waals surface area contributed by atoms with Crippen molar-refractivity contribution in [1.29, 1.82) is 0 Å². The molecule has 0 radical (unpaired) electrons. The van der Waals surface area contributed by atoms with Crippen LogP contribution in [0.2, 0.25) is 0 Å². The summed E-state index contributed by atoms with van der Waals surface area (Å²) in [5.41, 5.74) is 7.81. The van der Waals surface area contributed by atoms with Gasteiger partial charge in [-0.05, 0) is 43.2 Å². The Bertz CT molecular complexity index is 639. The van der Waals surface area contributed by atoms with Gasteiger partial charge in [-0.2, -0.15) is 0 Å². The molecule has 6 nitrogen and oxygen atoms in total. The molecule has 4 N–H and O–H groups in total. The van der Waals surface area contributed by atoms with Crippen molar-refractivity contribution in [1.82, 2.24) is 4.98 Å². The SMILES string of the molecule is Cc1ccc(/C(N)=N/O)c(Oc2ccc(CCO)cc2)n1. The highest BCUT2D eigenvalue weighted by Gasteiger charge is 2.11. The number of nitrogens with zero attached hydrogens (tertiary/aromatic N) is 2.